The van der Waals surface area contributed by atoms with Gasteiger partial charge in [-0.3, -0.25) is 4.79 Å². The van der Waals surface area contributed by atoms with Crippen LogP contribution in [0.15, 0.2) is 66.7 Å². The Kier molecular flexibility index (Phi) is 4.73. The number of nitrogens with one attached hydrogen (secondary N) is 2. The van der Waals surface area contributed by atoms with E-state index in [2.05, 4.69) is 16.7 Å². The van der Waals surface area contributed by atoms with Gasteiger partial charge in [-0.25, -0.2) is 0 Å². The van der Waals surface area contributed by atoms with E-state index in [4.69, 9.17) is 5.26 Å². The van der Waals surface area contributed by atoms with Crippen LogP contribution < -0.4 is 10.6 Å². The fourth-order valence-corrected chi connectivity index (χ4v) is 2.56. The minimum atomic E-state index is -0.115. The number of anilines is 2. The summed E-state index contributed by atoms with van der Waals surface area (Å²) in [6.07, 6.45) is 0.372. The van der Waals surface area contributed by atoms with Crippen molar-refractivity contribution in [2.75, 3.05) is 17.2 Å². The highest BCUT2D eigenvalue weighted by Crippen LogP contribution is 2.22. The number of nitrogens with zero attached hydrogens (tertiary/aromatic N) is 1. The van der Waals surface area contributed by atoms with E-state index in [1.165, 1.54) is 0 Å². The molecule has 4 nitrogen and oxygen atoms in total. The zero-order chi connectivity index (χ0) is 16.8. The molecule has 0 unspecified atom stereocenters. The number of benzene rings is 3. The molecular weight excluding hydrogens is 298 g/mol. The third-order valence-corrected chi connectivity index (χ3v) is 3.75. The first-order valence-electron chi connectivity index (χ1n) is 7.73. The van der Waals surface area contributed by atoms with Crippen molar-refractivity contribution in [3.05, 3.63) is 72.3 Å². The Morgan fingerprint density at radius 1 is 0.958 bits per heavy atom. The molecule has 0 saturated carbocycles. The summed E-state index contributed by atoms with van der Waals surface area (Å²) in [5.74, 6) is -0.115. The van der Waals surface area contributed by atoms with Crippen LogP contribution in [-0.2, 0) is 11.2 Å². The molecule has 0 heterocycles. The van der Waals surface area contributed by atoms with E-state index in [0.29, 0.717) is 6.42 Å². The molecule has 24 heavy (non-hydrogen) atoms. The van der Waals surface area contributed by atoms with Crippen LogP contribution in [-0.4, -0.2) is 12.5 Å². The lowest BCUT2D eigenvalue weighted by Crippen LogP contribution is -2.21. The Balaban J connectivity index is 1.62. The number of carbonyl (C=O) groups excluding carboxylic acids is 1. The van der Waals surface area contributed by atoms with Gasteiger partial charge in [0.05, 0.1) is 19.0 Å². The highest BCUT2D eigenvalue weighted by molar-refractivity contribution is 5.97. The molecule has 3 aromatic rings. The summed E-state index contributed by atoms with van der Waals surface area (Å²) in [6, 6.07) is 23.4. The van der Waals surface area contributed by atoms with Crippen LogP contribution in [0.2, 0.25) is 0 Å². The summed E-state index contributed by atoms with van der Waals surface area (Å²) in [6.45, 7) is 0.188. The molecule has 1 amide bonds. The van der Waals surface area contributed by atoms with Gasteiger partial charge in [-0.2, -0.15) is 5.26 Å². The Labute approximate surface area is 140 Å². The quantitative estimate of drug-likeness (QED) is 0.749. The van der Waals surface area contributed by atoms with Gasteiger partial charge in [0.1, 0.15) is 0 Å². The molecule has 0 fully saturated rings. The Bertz CT molecular complexity index is 889. The number of amides is 1. The number of fused-ring (bicyclic) bond motifs is 1. The fourth-order valence-electron chi connectivity index (χ4n) is 2.56. The van der Waals surface area contributed by atoms with Gasteiger partial charge in [-0.1, -0.05) is 48.5 Å². The summed E-state index contributed by atoms with van der Waals surface area (Å²) >= 11 is 0. The maximum absolute atomic E-state index is 12.1. The number of rotatable bonds is 5. The molecule has 3 rings (SSSR count). The van der Waals surface area contributed by atoms with Gasteiger partial charge in [0.25, 0.3) is 0 Å². The van der Waals surface area contributed by atoms with Crippen LogP contribution in [0.3, 0.4) is 0 Å². The average molecular weight is 315 g/mol. The lowest BCUT2D eigenvalue weighted by Gasteiger charge is -2.10. The Hall–Kier alpha value is -3.32. The standard InChI is InChI=1S/C20H17N3O/c21-13-12-15-8-10-17(11-9-15)23-20(24)14-22-19-7-3-5-16-4-1-2-6-18(16)19/h1-11,22H,12,14H2,(H,23,24). The maximum atomic E-state index is 12.1. The minimum Gasteiger partial charge on any atom is -0.376 e. The van der Waals surface area contributed by atoms with E-state index in [9.17, 15) is 4.79 Å². The molecule has 0 aromatic heterocycles. The molecular formula is C20H17N3O. The number of carbonyl (C=O) groups is 1. The van der Waals surface area contributed by atoms with Crippen molar-refractivity contribution in [1.29, 1.82) is 5.26 Å². The lowest BCUT2D eigenvalue weighted by atomic mass is 10.1. The van der Waals surface area contributed by atoms with Crippen molar-refractivity contribution in [2.45, 2.75) is 6.42 Å². The number of hydrogen-bond donors (Lipinski definition) is 2. The summed E-state index contributed by atoms with van der Waals surface area (Å²) in [4.78, 5) is 12.1. The number of hydrogen-bond acceptors (Lipinski definition) is 3. The SMILES string of the molecule is N#CCc1ccc(NC(=O)CNc2cccc3ccccc23)cc1. The predicted molar refractivity (Wildman–Crippen MR) is 96.8 cm³/mol. The summed E-state index contributed by atoms with van der Waals surface area (Å²) in [7, 11) is 0. The molecule has 0 radical (unpaired) electrons. The van der Waals surface area contributed by atoms with E-state index in [-0.39, 0.29) is 12.5 Å². The largest absolute Gasteiger partial charge is 0.376 e. The Morgan fingerprint density at radius 3 is 2.50 bits per heavy atom. The Morgan fingerprint density at radius 2 is 1.71 bits per heavy atom. The van der Waals surface area contributed by atoms with Gasteiger partial charge in [-0.05, 0) is 29.1 Å². The topological polar surface area (TPSA) is 64.9 Å². The van der Waals surface area contributed by atoms with E-state index in [1.54, 1.807) is 0 Å². The highest BCUT2D eigenvalue weighted by Gasteiger charge is 2.04. The van der Waals surface area contributed by atoms with Gasteiger partial charge in [0.2, 0.25) is 5.91 Å². The van der Waals surface area contributed by atoms with Crippen LogP contribution in [0, 0.1) is 11.3 Å². The van der Waals surface area contributed by atoms with Crippen LogP contribution in [0.1, 0.15) is 5.56 Å². The first-order chi connectivity index (χ1) is 11.8. The second-order valence-electron chi connectivity index (χ2n) is 5.46. The van der Waals surface area contributed by atoms with Gasteiger partial charge in [-0.15, -0.1) is 0 Å². The smallest absolute Gasteiger partial charge is 0.243 e. The molecule has 0 bridgehead atoms. The third-order valence-electron chi connectivity index (χ3n) is 3.75. The van der Waals surface area contributed by atoms with Crippen molar-refractivity contribution in [3.8, 4) is 6.07 Å². The molecule has 3 aromatic carbocycles. The number of nitriles is 1. The predicted octanol–water partition coefficient (Wildman–Crippen LogP) is 3.96. The normalized spacial score (nSPS) is 10.1. The average Bonchev–Trinajstić information content (AvgIpc) is 2.62. The lowest BCUT2D eigenvalue weighted by molar-refractivity contribution is -0.114. The molecule has 4 heteroatoms. The van der Waals surface area contributed by atoms with Crippen LogP contribution in [0.5, 0.6) is 0 Å². The molecule has 0 atom stereocenters. The summed E-state index contributed by atoms with van der Waals surface area (Å²) < 4.78 is 0. The van der Waals surface area contributed by atoms with Gasteiger partial charge in [0, 0.05) is 16.8 Å². The van der Waals surface area contributed by atoms with Crippen LogP contribution >= 0.6 is 0 Å². The third kappa shape index (κ3) is 3.71. The molecule has 0 aliphatic heterocycles. The van der Waals surface area contributed by atoms with Crippen LogP contribution in [0.4, 0.5) is 11.4 Å². The summed E-state index contributed by atoms with van der Waals surface area (Å²) in [5, 5.41) is 16.9. The van der Waals surface area contributed by atoms with E-state index in [0.717, 1.165) is 27.7 Å². The molecule has 0 aliphatic rings. The first kappa shape index (κ1) is 15.6. The van der Waals surface area contributed by atoms with Crippen LogP contribution in [0.25, 0.3) is 10.8 Å². The molecule has 0 spiro atoms. The van der Waals surface area contributed by atoms with Crippen molar-refractivity contribution in [3.63, 3.8) is 0 Å². The van der Waals surface area contributed by atoms with E-state index >= 15 is 0 Å². The monoisotopic (exact) mass is 315 g/mol. The van der Waals surface area contributed by atoms with E-state index in [1.807, 2.05) is 66.7 Å². The second kappa shape index (κ2) is 7.30. The fraction of sp³-hybridized carbons (Fsp3) is 0.100. The maximum Gasteiger partial charge on any atom is 0.243 e. The van der Waals surface area contributed by atoms with Gasteiger partial charge in [0.15, 0.2) is 0 Å². The van der Waals surface area contributed by atoms with Crippen molar-refractivity contribution in [2.24, 2.45) is 0 Å². The van der Waals surface area contributed by atoms with Gasteiger partial charge >= 0.3 is 0 Å². The van der Waals surface area contributed by atoms with Gasteiger partial charge < -0.3 is 10.6 Å². The highest BCUT2D eigenvalue weighted by atomic mass is 16.1. The summed E-state index contributed by atoms with van der Waals surface area (Å²) in [5.41, 5.74) is 2.60. The van der Waals surface area contributed by atoms with Crippen molar-refractivity contribution in [1.82, 2.24) is 0 Å². The molecule has 118 valence electrons. The first-order valence-corrected chi connectivity index (χ1v) is 7.73. The minimum absolute atomic E-state index is 0.115. The zero-order valence-corrected chi connectivity index (χ0v) is 13.1. The van der Waals surface area contributed by atoms with E-state index < -0.39 is 0 Å². The molecule has 2 N–H and O–H groups in total. The molecule has 0 saturated heterocycles. The zero-order valence-electron chi connectivity index (χ0n) is 13.1. The van der Waals surface area contributed by atoms with Crippen molar-refractivity contribution < 1.29 is 4.79 Å². The van der Waals surface area contributed by atoms with Crippen molar-refractivity contribution >= 4 is 28.1 Å². The molecule has 0 aliphatic carbocycles. The second-order valence-corrected chi connectivity index (χ2v) is 5.46.